The molecule has 0 aliphatic heterocycles. The van der Waals surface area contributed by atoms with Gasteiger partial charge in [0.1, 0.15) is 17.5 Å². The van der Waals surface area contributed by atoms with Crippen molar-refractivity contribution < 1.29 is 13.5 Å². The van der Waals surface area contributed by atoms with Crippen molar-refractivity contribution in [1.29, 1.82) is 0 Å². The minimum atomic E-state index is -0.768. The van der Waals surface area contributed by atoms with Gasteiger partial charge in [0.05, 0.1) is 5.56 Å². The summed E-state index contributed by atoms with van der Waals surface area (Å²) in [7, 11) is 1.74. The minimum Gasteiger partial charge on any atom is -0.435 e. The van der Waals surface area contributed by atoms with Crippen molar-refractivity contribution in [2.45, 2.75) is 26.7 Å². The van der Waals surface area contributed by atoms with Crippen LogP contribution in [0.3, 0.4) is 0 Å². The van der Waals surface area contributed by atoms with Crippen LogP contribution >= 0.6 is 0 Å². The normalized spacial score (nSPS) is 10.5. The Morgan fingerprint density at radius 2 is 2.00 bits per heavy atom. The second-order valence-corrected chi connectivity index (χ2v) is 4.60. The fourth-order valence-electron chi connectivity index (χ4n) is 1.88. The van der Waals surface area contributed by atoms with Crippen LogP contribution in [-0.4, -0.2) is 17.0 Å². The summed E-state index contributed by atoms with van der Waals surface area (Å²) in [5.41, 5.74) is 0.668. The molecule has 0 spiro atoms. The lowest BCUT2D eigenvalue weighted by Crippen LogP contribution is -2.05. The monoisotopic (exact) mass is 293 g/mol. The van der Waals surface area contributed by atoms with Crippen molar-refractivity contribution in [3.8, 4) is 11.6 Å². The Morgan fingerprint density at radius 1 is 1.24 bits per heavy atom. The van der Waals surface area contributed by atoms with E-state index >= 15 is 0 Å². The van der Waals surface area contributed by atoms with E-state index < -0.39 is 11.6 Å². The van der Waals surface area contributed by atoms with Crippen molar-refractivity contribution in [1.82, 2.24) is 9.97 Å². The number of nitrogens with zero attached hydrogens (tertiary/aromatic N) is 2. The zero-order chi connectivity index (χ0) is 15.4. The van der Waals surface area contributed by atoms with Crippen LogP contribution in [0.15, 0.2) is 18.2 Å². The van der Waals surface area contributed by atoms with Crippen LogP contribution in [0.5, 0.6) is 11.6 Å². The van der Waals surface area contributed by atoms with Crippen LogP contribution in [0.1, 0.15) is 24.7 Å². The molecule has 0 aliphatic rings. The highest BCUT2D eigenvalue weighted by molar-refractivity contribution is 5.49. The Bertz CT molecular complexity index is 647. The molecule has 2 aromatic rings. The standard InChI is InChI=1S/C15H17F2N3O/c1-4-5-13-19-14(18-3)9(2)15(20-13)21-12-7-6-10(16)8-11(12)17/h6-8H,4-5H2,1-3H3,(H,18,19,20). The fraction of sp³-hybridized carbons (Fsp3) is 0.333. The van der Waals surface area contributed by atoms with E-state index in [-0.39, 0.29) is 11.6 Å². The molecule has 21 heavy (non-hydrogen) atoms. The molecule has 1 heterocycles. The van der Waals surface area contributed by atoms with Gasteiger partial charge in [-0.25, -0.2) is 13.8 Å². The zero-order valence-corrected chi connectivity index (χ0v) is 12.2. The van der Waals surface area contributed by atoms with E-state index in [1.165, 1.54) is 6.07 Å². The molecule has 0 atom stereocenters. The van der Waals surface area contributed by atoms with Gasteiger partial charge in [0, 0.05) is 19.5 Å². The summed E-state index contributed by atoms with van der Waals surface area (Å²) >= 11 is 0. The average molecular weight is 293 g/mol. The van der Waals surface area contributed by atoms with Gasteiger partial charge < -0.3 is 10.1 Å². The summed E-state index contributed by atoms with van der Waals surface area (Å²) in [6, 6.07) is 3.16. The zero-order valence-electron chi connectivity index (χ0n) is 12.2. The number of ether oxygens (including phenoxy) is 1. The molecule has 0 unspecified atom stereocenters. The molecule has 1 N–H and O–H groups in total. The molecule has 0 bridgehead atoms. The summed E-state index contributed by atoms with van der Waals surface area (Å²) < 4.78 is 32.1. The highest BCUT2D eigenvalue weighted by Gasteiger charge is 2.14. The lowest BCUT2D eigenvalue weighted by Gasteiger charge is -2.13. The van der Waals surface area contributed by atoms with Crippen molar-refractivity contribution in [2.24, 2.45) is 0 Å². The topological polar surface area (TPSA) is 47.0 Å². The fourth-order valence-corrected chi connectivity index (χ4v) is 1.88. The van der Waals surface area contributed by atoms with Crippen molar-refractivity contribution in [3.63, 3.8) is 0 Å². The molecule has 112 valence electrons. The van der Waals surface area contributed by atoms with Gasteiger partial charge in [-0.3, -0.25) is 0 Å². The summed E-state index contributed by atoms with van der Waals surface area (Å²) in [5.74, 6) is 0.0276. The van der Waals surface area contributed by atoms with Crippen molar-refractivity contribution in [2.75, 3.05) is 12.4 Å². The number of aryl methyl sites for hydroxylation is 1. The predicted molar refractivity (Wildman–Crippen MR) is 76.7 cm³/mol. The number of anilines is 1. The molecular weight excluding hydrogens is 276 g/mol. The van der Waals surface area contributed by atoms with E-state index in [1.54, 1.807) is 14.0 Å². The third-order valence-electron chi connectivity index (χ3n) is 2.96. The first-order chi connectivity index (χ1) is 10.0. The highest BCUT2D eigenvalue weighted by atomic mass is 19.1. The third kappa shape index (κ3) is 3.45. The maximum absolute atomic E-state index is 13.7. The van der Waals surface area contributed by atoms with E-state index in [2.05, 4.69) is 15.3 Å². The van der Waals surface area contributed by atoms with Gasteiger partial charge in [-0.05, 0) is 25.5 Å². The van der Waals surface area contributed by atoms with Crippen LogP contribution in [-0.2, 0) is 6.42 Å². The molecule has 6 heteroatoms. The molecule has 2 rings (SSSR count). The van der Waals surface area contributed by atoms with Crippen molar-refractivity contribution >= 4 is 5.82 Å². The van der Waals surface area contributed by atoms with Gasteiger partial charge in [-0.15, -0.1) is 0 Å². The number of hydrogen-bond acceptors (Lipinski definition) is 4. The number of halogens is 2. The van der Waals surface area contributed by atoms with Gasteiger partial charge >= 0.3 is 0 Å². The Kier molecular flexibility index (Phi) is 4.67. The number of aromatic nitrogens is 2. The third-order valence-corrected chi connectivity index (χ3v) is 2.96. The molecular formula is C15H17F2N3O. The highest BCUT2D eigenvalue weighted by Crippen LogP contribution is 2.29. The van der Waals surface area contributed by atoms with Gasteiger partial charge in [-0.1, -0.05) is 6.92 Å². The lowest BCUT2D eigenvalue weighted by molar-refractivity contribution is 0.418. The number of nitrogens with one attached hydrogen (secondary N) is 1. The molecule has 0 radical (unpaired) electrons. The van der Waals surface area contributed by atoms with Crippen LogP contribution in [0.25, 0.3) is 0 Å². The maximum Gasteiger partial charge on any atom is 0.227 e. The molecule has 0 amide bonds. The molecule has 0 saturated carbocycles. The van der Waals surface area contributed by atoms with E-state index in [4.69, 9.17) is 4.74 Å². The summed E-state index contributed by atoms with van der Waals surface area (Å²) in [5, 5.41) is 2.96. The Hall–Kier alpha value is -2.24. The molecule has 0 saturated heterocycles. The maximum atomic E-state index is 13.7. The summed E-state index contributed by atoms with van der Waals surface area (Å²) in [6.07, 6.45) is 1.58. The molecule has 1 aromatic heterocycles. The van der Waals surface area contributed by atoms with E-state index in [0.29, 0.717) is 23.6 Å². The van der Waals surface area contributed by atoms with Gasteiger partial charge in [0.2, 0.25) is 5.88 Å². The number of benzene rings is 1. The SMILES string of the molecule is CCCc1nc(NC)c(C)c(Oc2ccc(F)cc2F)n1. The Morgan fingerprint density at radius 3 is 2.62 bits per heavy atom. The number of hydrogen-bond donors (Lipinski definition) is 1. The minimum absolute atomic E-state index is 0.0669. The summed E-state index contributed by atoms with van der Waals surface area (Å²) in [6.45, 7) is 3.79. The van der Waals surface area contributed by atoms with Crippen LogP contribution in [0.4, 0.5) is 14.6 Å². The number of rotatable bonds is 5. The molecule has 0 aliphatic carbocycles. The molecule has 4 nitrogen and oxygen atoms in total. The second-order valence-electron chi connectivity index (χ2n) is 4.60. The average Bonchev–Trinajstić information content (AvgIpc) is 2.45. The molecule has 1 aromatic carbocycles. The van der Waals surface area contributed by atoms with Crippen LogP contribution in [0, 0.1) is 18.6 Å². The van der Waals surface area contributed by atoms with Gasteiger partial charge in [0.15, 0.2) is 11.6 Å². The first-order valence-electron chi connectivity index (χ1n) is 6.73. The van der Waals surface area contributed by atoms with E-state index in [9.17, 15) is 8.78 Å². The van der Waals surface area contributed by atoms with Crippen LogP contribution < -0.4 is 10.1 Å². The van der Waals surface area contributed by atoms with Crippen molar-refractivity contribution in [3.05, 3.63) is 41.2 Å². The molecule has 0 fully saturated rings. The smallest absolute Gasteiger partial charge is 0.227 e. The Balaban J connectivity index is 2.40. The predicted octanol–water partition coefficient (Wildman–Crippen LogP) is 3.85. The second kappa shape index (κ2) is 6.47. The van der Waals surface area contributed by atoms with Crippen LogP contribution in [0.2, 0.25) is 0 Å². The first-order valence-corrected chi connectivity index (χ1v) is 6.73. The van der Waals surface area contributed by atoms with Gasteiger partial charge in [-0.2, -0.15) is 4.98 Å². The quantitative estimate of drug-likeness (QED) is 0.909. The summed E-state index contributed by atoms with van der Waals surface area (Å²) in [4.78, 5) is 8.66. The van der Waals surface area contributed by atoms with E-state index in [1.807, 2.05) is 6.92 Å². The Labute approximate surface area is 122 Å². The largest absolute Gasteiger partial charge is 0.435 e. The lowest BCUT2D eigenvalue weighted by atomic mass is 10.2. The van der Waals surface area contributed by atoms with E-state index in [0.717, 1.165) is 18.6 Å². The van der Waals surface area contributed by atoms with Gasteiger partial charge in [0.25, 0.3) is 0 Å². The first kappa shape index (κ1) is 15.2.